The lowest BCUT2D eigenvalue weighted by molar-refractivity contribution is 0.186. The number of hydrogen-bond acceptors (Lipinski definition) is 3. The van der Waals surface area contributed by atoms with Crippen molar-refractivity contribution in [1.29, 1.82) is 0 Å². The van der Waals surface area contributed by atoms with Crippen LogP contribution in [-0.4, -0.2) is 62.7 Å². The number of ether oxygens (including phenoxy) is 1. The van der Waals surface area contributed by atoms with Crippen LogP contribution in [-0.2, 0) is 0 Å². The van der Waals surface area contributed by atoms with Crippen LogP contribution >= 0.6 is 0 Å². The van der Waals surface area contributed by atoms with E-state index < -0.39 is 6.10 Å². The first-order chi connectivity index (χ1) is 8.95. The molecule has 0 aliphatic rings. The summed E-state index contributed by atoms with van der Waals surface area (Å²) in [5, 5.41) is 10.1. The fourth-order valence-corrected chi connectivity index (χ4v) is 1.78. The van der Waals surface area contributed by atoms with Gasteiger partial charge in [-0.2, -0.15) is 0 Å². The molecule has 1 aromatic rings. The molecule has 0 saturated heterocycles. The van der Waals surface area contributed by atoms with Gasteiger partial charge in [0.05, 0.1) is 19.8 Å². The molecular weight excluding hydrogens is 242 g/mol. The average Bonchev–Trinajstić information content (AvgIpc) is 2.38. The van der Waals surface area contributed by atoms with Gasteiger partial charge in [-0.3, -0.25) is 0 Å². The Hall–Kier alpha value is -1.75. The topological polar surface area (TPSA) is 48.3 Å². The highest BCUT2D eigenvalue weighted by atomic mass is 16.5. The number of guanidine groups is 1. The van der Waals surface area contributed by atoms with Crippen LogP contribution in [0.15, 0.2) is 29.3 Å². The van der Waals surface area contributed by atoms with Crippen molar-refractivity contribution in [2.24, 2.45) is 4.99 Å². The van der Waals surface area contributed by atoms with E-state index in [0.717, 1.165) is 17.3 Å². The van der Waals surface area contributed by atoms with E-state index in [2.05, 4.69) is 4.99 Å². The maximum atomic E-state index is 10.1. The summed E-state index contributed by atoms with van der Waals surface area (Å²) >= 11 is 0. The van der Waals surface area contributed by atoms with Gasteiger partial charge in [-0.05, 0) is 17.7 Å². The third-order valence-corrected chi connectivity index (χ3v) is 2.71. The number of nitrogens with zero attached hydrogens (tertiary/aromatic N) is 3. The lowest BCUT2D eigenvalue weighted by Gasteiger charge is -2.23. The Bertz CT molecular complexity index is 403. The number of benzene rings is 1. The zero-order valence-corrected chi connectivity index (χ0v) is 12.3. The summed E-state index contributed by atoms with van der Waals surface area (Å²) in [7, 11) is 9.34. The lowest BCUT2D eigenvalue weighted by Crippen LogP contribution is -2.35. The van der Waals surface area contributed by atoms with Gasteiger partial charge in [-0.25, -0.2) is 4.99 Å². The Kier molecular flexibility index (Phi) is 5.63. The van der Waals surface area contributed by atoms with Crippen LogP contribution in [0.3, 0.4) is 0 Å². The molecule has 0 fully saturated rings. The Labute approximate surface area is 115 Å². The molecule has 0 amide bonds. The van der Waals surface area contributed by atoms with Gasteiger partial charge in [-0.1, -0.05) is 12.1 Å². The highest BCUT2D eigenvalue weighted by Crippen LogP contribution is 2.17. The van der Waals surface area contributed by atoms with Gasteiger partial charge in [-0.15, -0.1) is 0 Å². The summed E-state index contributed by atoms with van der Waals surface area (Å²) in [5.41, 5.74) is 0.835. The predicted molar refractivity (Wildman–Crippen MR) is 77.6 cm³/mol. The Morgan fingerprint density at radius 1 is 1.16 bits per heavy atom. The Balaban J connectivity index is 2.72. The molecule has 0 bridgehead atoms. The number of aliphatic hydroxyl groups excluding tert-OH is 1. The molecule has 1 unspecified atom stereocenters. The highest BCUT2D eigenvalue weighted by Gasteiger charge is 2.09. The van der Waals surface area contributed by atoms with Crippen molar-refractivity contribution in [3.05, 3.63) is 29.8 Å². The predicted octanol–water partition coefficient (Wildman–Crippen LogP) is 1.21. The first-order valence-corrected chi connectivity index (χ1v) is 6.16. The second-order valence-electron chi connectivity index (χ2n) is 4.72. The largest absolute Gasteiger partial charge is 0.497 e. The molecule has 0 spiro atoms. The quantitative estimate of drug-likeness (QED) is 0.656. The molecule has 1 rings (SSSR count). The van der Waals surface area contributed by atoms with Crippen molar-refractivity contribution in [1.82, 2.24) is 9.80 Å². The second-order valence-corrected chi connectivity index (χ2v) is 4.72. The summed E-state index contributed by atoms with van der Waals surface area (Å²) in [4.78, 5) is 8.26. The third-order valence-electron chi connectivity index (χ3n) is 2.71. The average molecular weight is 265 g/mol. The molecule has 1 atom stereocenters. The van der Waals surface area contributed by atoms with Crippen molar-refractivity contribution in [2.45, 2.75) is 6.10 Å². The lowest BCUT2D eigenvalue weighted by atomic mass is 10.1. The highest BCUT2D eigenvalue weighted by molar-refractivity contribution is 5.79. The summed E-state index contributed by atoms with van der Waals surface area (Å²) in [6, 6.07) is 7.37. The minimum absolute atomic E-state index is 0.331. The number of aliphatic hydroxyl groups is 1. The van der Waals surface area contributed by atoms with E-state index in [-0.39, 0.29) is 0 Å². The van der Waals surface area contributed by atoms with Crippen molar-refractivity contribution in [3.8, 4) is 5.75 Å². The van der Waals surface area contributed by atoms with Gasteiger partial charge in [0.25, 0.3) is 0 Å². The zero-order valence-electron chi connectivity index (χ0n) is 12.3. The van der Waals surface area contributed by atoms with Gasteiger partial charge >= 0.3 is 0 Å². The standard InChI is InChI=1S/C14H23N3O2/c1-16(2)14(17(3)4)15-10-13(18)11-6-8-12(19-5)9-7-11/h6-9,13,18H,10H2,1-5H3. The van der Waals surface area contributed by atoms with Crippen LogP contribution in [0.4, 0.5) is 0 Å². The first-order valence-electron chi connectivity index (χ1n) is 6.16. The summed E-state index contributed by atoms with van der Waals surface area (Å²) < 4.78 is 5.09. The molecule has 19 heavy (non-hydrogen) atoms. The molecule has 0 radical (unpaired) electrons. The molecule has 1 aromatic carbocycles. The Morgan fingerprint density at radius 2 is 1.68 bits per heavy atom. The first kappa shape index (κ1) is 15.3. The summed E-state index contributed by atoms with van der Waals surface area (Å²) in [6.45, 7) is 0.331. The molecule has 0 heterocycles. The molecule has 0 aliphatic carbocycles. The van der Waals surface area contributed by atoms with E-state index in [1.54, 1.807) is 7.11 Å². The summed E-state index contributed by atoms with van der Waals surface area (Å²) in [5.74, 6) is 1.61. The summed E-state index contributed by atoms with van der Waals surface area (Å²) in [6.07, 6.45) is -0.610. The van der Waals surface area contributed by atoms with Crippen LogP contribution in [0.1, 0.15) is 11.7 Å². The monoisotopic (exact) mass is 265 g/mol. The Morgan fingerprint density at radius 3 is 2.11 bits per heavy atom. The van der Waals surface area contributed by atoms with E-state index in [1.165, 1.54) is 0 Å². The maximum absolute atomic E-state index is 10.1. The SMILES string of the molecule is COc1ccc(C(O)CN=C(N(C)C)N(C)C)cc1. The maximum Gasteiger partial charge on any atom is 0.195 e. The second kappa shape index (κ2) is 6.99. The van der Waals surface area contributed by atoms with Crippen LogP contribution in [0.5, 0.6) is 5.75 Å². The van der Waals surface area contributed by atoms with Crippen molar-refractivity contribution < 1.29 is 9.84 Å². The van der Waals surface area contributed by atoms with Crippen molar-refractivity contribution >= 4 is 5.96 Å². The minimum atomic E-state index is -0.610. The van der Waals surface area contributed by atoms with Crippen molar-refractivity contribution in [3.63, 3.8) is 0 Å². The number of hydrogen-bond donors (Lipinski definition) is 1. The molecule has 1 N–H and O–H groups in total. The van der Waals surface area contributed by atoms with E-state index in [1.807, 2.05) is 62.3 Å². The molecule has 0 aromatic heterocycles. The van der Waals surface area contributed by atoms with Gasteiger partial charge in [0, 0.05) is 28.2 Å². The van der Waals surface area contributed by atoms with E-state index in [0.29, 0.717) is 6.54 Å². The fraction of sp³-hybridized carbons (Fsp3) is 0.500. The van der Waals surface area contributed by atoms with E-state index in [4.69, 9.17) is 4.74 Å². The fourth-order valence-electron chi connectivity index (χ4n) is 1.78. The van der Waals surface area contributed by atoms with Crippen LogP contribution < -0.4 is 4.74 Å². The number of methoxy groups -OCH3 is 1. The van der Waals surface area contributed by atoms with Crippen LogP contribution in [0.25, 0.3) is 0 Å². The number of aliphatic imine (C=N–C) groups is 1. The minimum Gasteiger partial charge on any atom is -0.497 e. The zero-order chi connectivity index (χ0) is 14.4. The molecule has 0 aliphatic heterocycles. The van der Waals surface area contributed by atoms with E-state index >= 15 is 0 Å². The van der Waals surface area contributed by atoms with Crippen molar-refractivity contribution in [2.75, 3.05) is 41.8 Å². The molecule has 106 valence electrons. The molecule has 0 saturated carbocycles. The van der Waals surface area contributed by atoms with Gasteiger partial charge in [0.15, 0.2) is 5.96 Å². The smallest absolute Gasteiger partial charge is 0.195 e. The third kappa shape index (κ3) is 4.44. The molecule has 5 nitrogen and oxygen atoms in total. The van der Waals surface area contributed by atoms with Gasteiger partial charge in [0.1, 0.15) is 5.75 Å². The molecule has 5 heteroatoms. The van der Waals surface area contributed by atoms with Crippen LogP contribution in [0.2, 0.25) is 0 Å². The number of rotatable bonds is 4. The van der Waals surface area contributed by atoms with Crippen LogP contribution in [0, 0.1) is 0 Å². The van der Waals surface area contributed by atoms with E-state index in [9.17, 15) is 5.11 Å². The normalized spacial score (nSPS) is 11.7. The van der Waals surface area contributed by atoms with Gasteiger partial charge in [0.2, 0.25) is 0 Å². The van der Waals surface area contributed by atoms with Gasteiger partial charge < -0.3 is 19.6 Å². The molecular formula is C14H23N3O2.